The molecule has 2 amide bonds. The fourth-order valence-electron chi connectivity index (χ4n) is 2.52. The molecule has 3 aromatic carbocycles. The van der Waals surface area contributed by atoms with E-state index in [-0.39, 0.29) is 11.8 Å². The van der Waals surface area contributed by atoms with E-state index >= 15 is 0 Å². The van der Waals surface area contributed by atoms with Gasteiger partial charge in [-0.25, -0.2) is 0 Å². The maximum Gasteiger partial charge on any atom is 0.255 e. The summed E-state index contributed by atoms with van der Waals surface area (Å²) in [5, 5.41) is 14.5. The molecule has 0 unspecified atom stereocenters. The Hall–Kier alpha value is -3.91. The number of anilines is 2. The van der Waals surface area contributed by atoms with Crippen LogP contribution in [-0.2, 0) is 0 Å². The van der Waals surface area contributed by atoms with E-state index in [0.29, 0.717) is 28.1 Å². The van der Waals surface area contributed by atoms with E-state index in [4.69, 9.17) is 5.26 Å². The van der Waals surface area contributed by atoms with Crippen LogP contribution in [0.25, 0.3) is 0 Å². The standard InChI is InChI=1S/C22H17N3O2/c1-15-7-12-19(24-21(26)17-5-3-2-4-6-17)13-20(15)25-22(27)18-10-8-16(14-23)9-11-18/h2-13H,1H3,(H,24,26)(H,25,27). The summed E-state index contributed by atoms with van der Waals surface area (Å²) >= 11 is 0. The highest BCUT2D eigenvalue weighted by Gasteiger charge is 2.10. The zero-order valence-electron chi connectivity index (χ0n) is 14.7. The molecule has 5 nitrogen and oxygen atoms in total. The maximum absolute atomic E-state index is 12.4. The third-order valence-corrected chi connectivity index (χ3v) is 4.06. The maximum atomic E-state index is 12.4. The van der Waals surface area contributed by atoms with Crippen molar-refractivity contribution in [2.45, 2.75) is 6.92 Å². The van der Waals surface area contributed by atoms with Crippen molar-refractivity contribution in [3.63, 3.8) is 0 Å². The lowest BCUT2D eigenvalue weighted by molar-refractivity contribution is 0.101. The van der Waals surface area contributed by atoms with Gasteiger partial charge in [-0.15, -0.1) is 0 Å². The zero-order chi connectivity index (χ0) is 19.2. The molecule has 0 saturated heterocycles. The molecule has 0 fully saturated rings. The van der Waals surface area contributed by atoms with Gasteiger partial charge in [0, 0.05) is 22.5 Å². The predicted molar refractivity (Wildman–Crippen MR) is 105 cm³/mol. The summed E-state index contributed by atoms with van der Waals surface area (Å²) in [7, 11) is 0. The summed E-state index contributed by atoms with van der Waals surface area (Å²) in [5.41, 5.74) is 3.57. The second-order valence-corrected chi connectivity index (χ2v) is 5.99. The highest BCUT2D eigenvalue weighted by molar-refractivity contribution is 6.06. The fraction of sp³-hybridized carbons (Fsp3) is 0.0455. The number of nitrogens with zero attached hydrogens (tertiary/aromatic N) is 1. The summed E-state index contributed by atoms with van der Waals surface area (Å²) in [5.74, 6) is -0.502. The van der Waals surface area contributed by atoms with Crippen LogP contribution in [0.2, 0.25) is 0 Å². The number of hydrogen-bond acceptors (Lipinski definition) is 3. The quantitative estimate of drug-likeness (QED) is 0.729. The highest BCUT2D eigenvalue weighted by Crippen LogP contribution is 2.22. The molecule has 0 spiro atoms. The molecule has 5 heteroatoms. The largest absolute Gasteiger partial charge is 0.322 e. The first kappa shape index (κ1) is 17.9. The van der Waals surface area contributed by atoms with Crippen molar-refractivity contribution in [2.24, 2.45) is 0 Å². The summed E-state index contributed by atoms with van der Waals surface area (Å²) < 4.78 is 0. The van der Waals surface area contributed by atoms with Crippen LogP contribution < -0.4 is 10.6 Å². The molecule has 0 aromatic heterocycles. The van der Waals surface area contributed by atoms with E-state index in [9.17, 15) is 9.59 Å². The number of benzene rings is 3. The second-order valence-electron chi connectivity index (χ2n) is 5.99. The monoisotopic (exact) mass is 355 g/mol. The van der Waals surface area contributed by atoms with Crippen LogP contribution in [0, 0.1) is 18.3 Å². The number of carbonyl (C=O) groups excluding carboxylic acids is 2. The smallest absolute Gasteiger partial charge is 0.255 e. The Morgan fingerprint density at radius 3 is 2.11 bits per heavy atom. The molecule has 0 bridgehead atoms. The van der Waals surface area contributed by atoms with Gasteiger partial charge in [-0.3, -0.25) is 9.59 Å². The van der Waals surface area contributed by atoms with Gasteiger partial charge in [-0.05, 0) is 61.0 Å². The Balaban J connectivity index is 1.76. The Morgan fingerprint density at radius 2 is 1.44 bits per heavy atom. The van der Waals surface area contributed by atoms with Crippen molar-refractivity contribution in [3.8, 4) is 6.07 Å². The van der Waals surface area contributed by atoms with Crippen LogP contribution >= 0.6 is 0 Å². The Morgan fingerprint density at radius 1 is 0.815 bits per heavy atom. The van der Waals surface area contributed by atoms with E-state index in [1.165, 1.54) is 0 Å². The summed E-state index contributed by atoms with van der Waals surface area (Å²) in [6.45, 7) is 1.87. The lowest BCUT2D eigenvalue weighted by atomic mass is 10.1. The van der Waals surface area contributed by atoms with E-state index in [1.54, 1.807) is 60.7 Å². The first-order valence-corrected chi connectivity index (χ1v) is 8.35. The Bertz CT molecular complexity index is 1020. The lowest BCUT2D eigenvalue weighted by Crippen LogP contribution is -2.14. The SMILES string of the molecule is Cc1ccc(NC(=O)c2ccccc2)cc1NC(=O)c1ccc(C#N)cc1. The first-order valence-electron chi connectivity index (χ1n) is 8.35. The summed E-state index contributed by atoms with van der Waals surface area (Å²) in [6.07, 6.45) is 0. The highest BCUT2D eigenvalue weighted by atomic mass is 16.2. The lowest BCUT2D eigenvalue weighted by Gasteiger charge is -2.12. The molecule has 0 atom stereocenters. The van der Waals surface area contributed by atoms with Crippen molar-refractivity contribution in [2.75, 3.05) is 10.6 Å². The molecule has 0 saturated carbocycles. The minimum absolute atomic E-state index is 0.219. The van der Waals surface area contributed by atoms with Gasteiger partial charge in [0.2, 0.25) is 0 Å². The van der Waals surface area contributed by atoms with Crippen LogP contribution in [0.5, 0.6) is 0 Å². The fourth-order valence-corrected chi connectivity index (χ4v) is 2.52. The van der Waals surface area contributed by atoms with E-state index in [0.717, 1.165) is 5.56 Å². The van der Waals surface area contributed by atoms with Crippen LogP contribution in [-0.4, -0.2) is 11.8 Å². The molecule has 2 N–H and O–H groups in total. The van der Waals surface area contributed by atoms with Crippen molar-refractivity contribution in [3.05, 3.63) is 95.1 Å². The van der Waals surface area contributed by atoms with Crippen LogP contribution in [0.1, 0.15) is 31.8 Å². The number of rotatable bonds is 4. The first-order chi connectivity index (χ1) is 13.1. The molecular weight excluding hydrogens is 338 g/mol. The van der Waals surface area contributed by atoms with Crippen molar-refractivity contribution < 1.29 is 9.59 Å². The molecule has 3 aromatic rings. The van der Waals surface area contributed by atoms with Gasteiger partial charge in [-0.2, -0.15) is 5.26 Å². The number of nitriles is 1. The van der Waals surface area contributed by atoms with Gasteiger partial charge >= 0.3 is 0 Å². The number of aryl methyl sites for hydroxylation is 1. The minimum atomic E-state index is -0.283. The number of amides is 2. The summed E-state index contributed by atoms with van der Waals surface area (Å²) in [6, 6.07) is 22.7. The van der Waals surface area contributed by atoms with E-state index in [2.05, 4.69) is 10.6 Å². The Kier molecular flexibility index (Phi) is 5.29. The van der Waals surface area contributed by atoms with Gasteiger partial charge in [-0.1, -0.05) is 24.3 Å². The molecule has 0 aliphatic heterocycles. The van der Waals surface area contributed by atoms with Gasteiger partial charge < -0.3 is 10.6 Å². The normalized spacial score (nSPS) is 9.93. The van der Waals surface area contributed by atoms with Crippen molar-refractivity contribution in [1.29, 1.82) is 5.26 Å². The second kappa shape index (κ2) is 7.98. The predicted octanol–water partition coefficient (Wildman–Crippen LogP) is 4.37. The van der Waals surface area contributed by atoms with Crippen LogP contribution in [0.15, 0.2) is 72.8 Å². The summed E-state index contributed by atoms with van der Waals surface area (Å²) in [4.78, 5) is 24.7. The molecule has 0 heterocycles. The molecule has 3 rings (SSSR count). The van der Waals surface area contributed by atoms with Gasteiger partial charge in [0.15, 0.2) is 0 Å². The molecule has 0 aliphatic rings. The minimum Gasteiger partial charge on any atom is -0.322 e. The van der Waals surface area contributed by atoms with E-state index in [1.807, 2.05) is 25.1 Å². The van der Waals surface area contributed by atoms with Gasteiger partial charge in [0.05, 0.1) is 11.6 Å². The molecule has 0 aliphatic carbocycles. The van der Waals surface area contributed by atoms with E-state index < -0.39 is 0 Å². The average Bonchev–Trinajstić information content (AvgIpc) is 2.71. The molecule has 132 valence electrons. The molecule has 0 radical (unpaired) electrons. The van der Waals surface area contributed by atoms with Crippen LogP contribution in [0.3, 0.4) is 0 Å². The van der Waals surface area contributed by atoms with Crippen molar-refractivity contribution >= 4 is 23.2 Å². The van der Waals surface area contributed by atoms with Crippen molar-refractivity contribution in [1.82, 2.24) is 0 Å². The molecule has 27 heavy (non-hydrogen) atoms. The average molecular weight is 355 g/mol. The zero-order valence-corrected chi connectivity index (χ0v) is 14.7. The van der Waals surface area contributed by atoms with Crippen LogP contribution in [0.4, 0.5) is 11.4 Å². The Labute approximate surface area is 157 Å². The third kappa shape index (κ3) is 4.39. The molecular formula is C22H17N3O2. The number of nitrogens with one attached hydrogen (secondary N) is 2. The number of hydrogen-bond donors (Lipinski definition) is 2. The van der Waals surface area contributed by atoms with Gasteiger partial charge in [0.1, 0.15) is 0 Å². The van der Waals surface area contributed by atoms with Gasteiger partial charge in [0.25, 0.3) is 11.8 Å². The topological polar surface area (TPSA) is 82.0 Å². The number of carbonyl (C=O) groups is 2. The third-order valence-electron chi connectivity index (χ3n) is 4.06.